The van der Waals surface area contributed by atoms with Crippen molar-refractivity contribution in [3.8, 4) is 12.1 Å². The summed E-state index contributed by atoms with van der Waals surface area (Å²) < 4.78 is 41.6. The fourth-order valence-electron chi connectivity index (χ4n) is 1.83. The maximum atomic E-state index is 12.3. The lowest BCUT2D eigenvalue weighted by Crippen LogP contribution is -2.36. The van der Waals surface area contributed by atoms with E-state index >= 15 is 0 Å². The molecule has 26 heavy (non-hydrogen) atoms. The molecule has 0 saturated carbocycles. The van der Waals surface area contributed by atoms with E-state index in [0.29, 0.717) is 0 Å². The minimum Gasteiger partial charge on any atom is -0.452 e. The number of rotatable bonds is 8. The number of nitrogens with zero attached hydrogens (tertiary/aromatic N) is 3. The van der Waals surface area contributed by atoms with E-state index in [0.717, 1.165) is 12.1 Å². The number of alkyl halides is 3. The lowest BCUT2D eigenvalue weighted by atomic mass is 10.2. The second-order valence-corrected chi connectivity index (χ2v) is 5.98. The van der Waals surface area contributed by atoms with Gasteiger partial charge < -0.3 is 9.64 Å². The van der Waals surface area contributed by atoms with Crippen LogP contribution in [0.25, 0.3) is 0 Å². The van der Waals surface area contributed by atoms with Gasteiger partial charge in [0, 0.05) is 18.0 Å². The van der Waals surface area contributed by atoms with E-state index in [4.69, 9.17) is 15.3 Å². The Morgan fingerprint density at radius 2 is 1.62 bits per heavy atom. The molecule has 6 nitrogen and oxygen atoms in total. The average molecular weight is 385 g/mol. The van der Waals surface area contributed by atoms with Crippen molar-refractivity contribution in [2.24, 2.45) is 0 Å². The fourth-order valence-corrected chi connectivity index (χ4v) is 2.37. The first-order valence-corrected chi connectivity index (χ1v) is 8.13. The van der Waals surface area contributed by atoms with Crippen LogP contribution in [-0.2, 0) is 9.53 Å². The molecule has 0 N–H and O–H groups in total. The van der Waals surface area contributed by atoms with E-state index in [1.807, 2.05) is 12.1 Å². The van der Waals surface area contributed by atoms with Gasteiger partial charge in [-0.1, -0.05) is 0 Å². The van der Waals surface area contributed by atoms with E-state index in [1.54, 1.807) is 0 Å². The van der Waals surface area contributed by atoms with Gasteiger partial charge in [0.1, 0.15) is 0 Å². The van der Waals surface area contributed by atoms with Crippen LogP contribution >= 0.6 is 11.8 Å². The number of benzene rings is 1. The quantitative estimate of drug-likeness (QED) is 0.504. The lowest BCUT2D eigenvalue weighted by molar-refractivity contribution is -0.134. The normalized spacial score (nSPS) is 10.5. The molecular formula is C16H14F3N3O3S. The zero-order valence-corrected chi connectivity index (χ0v) is 14.3. The minimum absolute atomic E-state index is 0.00456. The molecule has 0 fully saturated rings. The number of hydrogen-bond acceptors (Lipinski definition) is 6. The first-order valence-electron chi connectivity index (χ1n) is 7.31. The van der Waals surface area contributed by atoms with Gasteiger partial charge in [-0.15, -0.1) is 0 Å². The summed E-state index contributed by atoms with van der Waals surface area (Å²) in [4.78, 5) is 25.0. The molecule has 1 amide bonds. The van der Waals surface area contributed by atoms with E-state index < -0.39 is 24.0 Å². The van der Waals surface area contributed by atoms with Gasteiger partial charge in [0.05, 0.1) is 30.5 Å². The van der Waals surface area contributed by atoms with Crippen LogP contribution in [0.15, 0.2) is 29.2 Å². The summed E-state index contributed by atoms with van der Waals surface area (Å²) in [5.74, 6) is -1.42. The molecule has 1 aromatic carbocycles. The largest absolute Gasteiger partial charge is 0.452 e. The first-order chi connectivity index (χ1) is 12.3. The molecule has 0 saturated heterocycles. The van der Waals surface area contributed by atoms with Gasteiger partial charge in [0.2, 0.25) is 0 Å². The molecule has 0 atom stereocenters. The van der Waals surface area contributed by atoms with Crippen LogP contribution in [0.2, 0.25) is 0 Å². The number of carbonyl (C=O) groups is 2. The maximum Gasteiger partial charge on any atom is 0.446 e. The number of esters is 1. The van der Waals surface area contributed by atoms with Crippen LogP contribution < -0.4 is 0 Å². The van der Waals surface area contributed by atoms with Gasteiger partial charge in [-0.05, 0) is 36.0 Å². The van der Waals surface area contributed by atoms with Crippen molar-refractivity contribution in [1.29, 1.82) is 10.5 Å². The van der Waals surface area contributed by atoms with E-state index in [2.05, 4.69) is 0 Å². The molecule has 0 bridgehead atoms. The summed E-state index contributed by atoms with van der Waals surface area (Å²) in [6.45, 7) is -0.370. The Morgan fingerprint density at radius 1 is 1.08 bits per heavy atom. The third-order valence-corrected chi connectivity index (χ3v) is 3.73. The van der Waals surface area contributed by atoms with Crippen LogP contribution in [0.5, 0.6) is 0 Å². The van der Waals surface area contributed by atoms with Gasteiger partial charge in [-0.3, -0.25) is 4.79 Å². The monoisotopic (exact) mass is 385 g/mol. The molecule has 10 heteroatoms. The highest BCUT2D eigenvalue weighted by Gasteiger charge is 2.29. The molecule has 0 radical (unpaired) electrons. The van der Waals surface area contributed by atoms with Crippen molar-refractivity contribution in [2.45, 2.75) is 23.2 Å². The fraction of sp³-hybridized carbons (Fsp3) is 0.375. The Kier molecular flexibility index (Phi) is 8.46. The summed E-state index contributed by atoms with van der Waals surface area (Å²) in [6, 6.07) is 8.35. The highest BCUT2D eigenvalue weighted by atomic mass is 32.2. The molecule has 0 heterocycles. The van der Waals surface area contributed by atoms with Gasteiger partial charge in [-0.25, -0.2) is 4.79 Å². The Morgan fingerprint density at radius 3 is 2.08 bits per heavy atom. The SMILES string of the molecule is N#CCCN(CCC#N)C(=O)COC(=O)c1ccc(SC(F)(F)F)cc1. The molecular weight excluding hydrogens is 371 g/mol. The second-order valence-electron chi connectivity index (χ2n) is 4.85. The van der Waals surface area contributed by atoms with Crippen molar-refractivity contribution >= 4 is 23.6 Å². The number of hydrogen-bond donors (Lipinski definition) is 0. The summed E-state index contributed by atoms with van der Waals surface area (Å²) >= 11 is -0.307. The van der Waals surface area contributed by atoms with Gasteiger partial charge in [0.15, 0.2) is 6.61 Å². The number of amides is 1. The van der Waals surface area contributed by atoms with Gasteiger partial charge in [-0.2, -0.15) is 23.7 Å². The van der Waals surface area contributed by atoms with E-state index in [-0.39, 0.29) is 48.2 Å². The molecule has 0 aromatic heterocycles. The van der Waals surface area contributed by atoms with Crippen molar-refractivity contribution in [2.75, 3.05) is 19.7 Å². The standard InChI is InChI=1S/C16H14F3N3O3S/c17-16(18,19)26-13-5-3-12(4-6-13)15(24)25-11-14(23)22(9-1-7-20)10-2-8-21/h3-6H,1-2,9-11H2. The molecule has 0 aliphatic rings. The summed E-state index contributed by atoms with van der Waals surface area (Å²) in [7, 11) is 0. The molecule has 0 spiro atoms. The predicted molar refractivity (Wildman–Crippen MR) is 85.7 cm³/mol. The Labute approximate surface area is 152 Å². The third-order valence-electron chi connectivity index (χ3n) is 2.99. The van der Waals surface area contributed by atoms with Crippen LogP contribution in [0.3, 0.4) is 0 Å². The molecule has 138 valence electrons. The van der Waals surface area contributed by atoms with E-state index in [1.165, 1.54) is 17.0 Å². The van der Waals surface area contributed by atoms with E-state index in [9.17, 15) is 22.8 Å². The maximum absolute atomic E-state index is 12.3. The van der Waals surface area contributed by atoms with Crippen molar-refractivity contribution in [1.82, 2.24) is 4.90 Å². The number of ether oxygens (including phenoxy) is 1. The molecule has 1 rings (SSSR count). The highest BCUT2D eigenvalue weighted by Crippen LogP contribution is 2.36. The van der Waals surface area contributed by atoms with Crippen LogP contribution in [0.4, 0.5) is 13.2 Å². The molecule has 0 aliphatic heterocycles. The van der Waals surface area contributed by atoms with Crippen LogP contribution in [-0.4, -0.2) is 42.0 Å². The first kappa shape index (κ1) is 21.3. The van der Waals surface area contributed by atoms with Gasteiger partial charge >= 0.3 is 11.5 Å². The highest BCUT2D eigenvalue weighted by molar-refractivity contribution is 8.00. The number of nitriles is 2. The summed E-state index contributed by atoms with van der Waals surface area (Å²) in [5, 5.41) is 17.1. The number of halogens is 3. The Balaban J connectivity index is 2.59. The Bertz CT molecular complexity index is 691. The number of carbonyl (C=O) groups excluding carboxylic acids is 2. The van der Waals surface area contributed by atoms with Crippen molar-refractivity contribution in [3.63, 3.8) is 0 Å². The molecule has 0 unspecified atom stereocenters. The Hall–Kier alpha value is -2.72. The summed E-state index contributed by atoms with van der Waals surface area (Å²) in [5.41, 5.74) is -4.42. The lowest BCUT2D eigenvalue weighted by Gasteiger charge is -2.20. The molecule has 1 aromatic rings. The van der Waals surface area contributed by atoms with Crippen molar-refractivity contribution in [3.05, 3.63) is 29.8 Å². The van der Waals surface area contributed by atoms with Gasteiger partial charge in [0.25, 0.3) is 5.91 Å². The minimum atomic E-state index is -4.43. The molecule has 0 aliphatic carbocycles. The number of thioether (sulfide) groups is 1. The van der Waals surface area contributed by atoms with Crippen LogP contribution in [0, 0.1) is 22.7 Å². The topological polar surface area (TPSA) is 94.2 Å². The van der Waals surface area contributed by atoms with Crippen molar-refractivity contribution < 1.29 is 27.5 Å². The third kappa shape index (κ3) is 7.90. The average Bonchev–Trinajstić information content (AvgIpc) is 2.58. The summed E-state index contributed by atoms with van der Waals surface area (Å²) in [6.07, 6.45) is 0.146. The second kappa shape index (κ2) is 10.3. The zero-order valence-electron chi connectivity index (χ0n) is 13.5. The zero-order chi connectivity index (χ0) is 19.6. The van der Waals surface area contributed by atoms with Crippen LogP contribution in [0.1, 0.15) is 23.2 Å². The smallest absolute Gasteiger partial charge is 0.446 e. The predicted octanol–water partition coefficient (Wildman–Crippen LogP) is 3.11.